The number of nitrogens with zero attached hydrogens (tertiary/aromatic N) is 2. The molecule has 45 heavy (non-hydrogen) atoms. The Labute approximate surface area is 258 Å². The number of carbonyl (C=O) groups is 2. The third kappa shape index (κ3) is 7.79. The Morgan fingerprint density at radius 1 is 1.07 bits per heavy atom. The highest BCUT2D eigenvalue weighted by Gasteiger charge is 2.19. The number of nitriles is 1. The van der Waals surface area contributed by atoms with Gasteiger partial charge in [0.2, 0.25) is 11.8 Å². The van der Waals surface area contributed by atoms with Crippen molar-refractivity contribution in [3.05, 3.63) is 106 Å². The van der Waals surface area contributed by atoms with E-state index in [9.17, 15) is 19.1 Å². The monoisotopic (exact) mass is 612 g/mol. The molecule has 0 spiro atoms. The number of rotatable bonds is 12. The van der Waals surface area contributed by atoms with Crippen LogP contribution >= 0.6 is 0 Å². The molecule has 1 aromatic heterocycles. The number of aromatic carboxylic acids is 1. The van der Waals surface area contributed by atoms with Crippen LogP contribution in [0.1, 0.15) is 45.5 Å². The molecule has 5 rings (SSSR count). The van der Waals surface area contributed by atoms with E-state index in [1.54, 1.807) is 31.2 Å². The number of anilines is 2. The van der Waals surface area contributed by atoms with Crippen LogP contribution in [0, 0.1) is 29.9 Å². The van der Waals surface area contributed by atoms with Gasteiger partial charge in [0.25, 0.3) is 0 Å². The summed E-state index contributed by atoms with van der Waals surface area (Å²) < 4.78 is 40.6. The average Bonchev–Trinajstić information content (AvgIpc) is 3.00. The van der Waals surface area contributed by atoms with Crippen molar-refractivity contribution in [2.24, 2.45) is 0 Å². The zero-order valence-corrected chi connectivity index (χ0v) is 24.4. The van der Waals surface area contributed by atoms with Gasteiger partial charge < -0.3 is 25.2 Å². The molecule has 3 aromatic carbocycles. The highest BCUT2D eigenvalue weighted by Crippen LogP contribution is 2.28. The SMILES string of the molecule is Cc1cc(CC(=O)Nc2ccc(C(=O)O)cc2NCC[C@@H]2CCO2)c(F)cc1-c1cccc(OCc2ccc(C#N)cc2F)n1. The Kier molecular flexibility index (Phi) is 9.65. The van der Waals surface area contributed by atoms with Gasteiger partial charge >= 0.3 is 5.97 Å². The van der Waals surface area contributed by atoms with Crippen molar-refractivity contribution in [2.75, 3.05) is 23.8 Å². The number of carbonyl (C=O) groups excluding carboxylic acids is 1. The summed E-state index contributed by atoms with van der Waals surface area (Å²) in [6.45, 7) is 2.92. The molecule has 3 N–H and O–H groups in total. The molecule has 0 aliphatic carbocycles. The van der Waals surface area contributed by atoms with Gasteiger partial charge in [-0.05, 0) is 73.4 Å². The van der Waals surface area contributed by atoms with Gasteiger partial charge in [0.05, 0.1) is 46.8 Å². The highest BCUT2D eigenvalue weighted by molar-refractivity contribution is 5.97. The van der Waals surface area contributed by atoms with E-state index in [0.717, 1.165) is 25.5 Å². The Bertz CT molecular complexity index is 1790. The number of ether oxygens (including phenoxy) is 2. The molecule has 1 fully saturated rings. The van der Waals surface area contributed by atoms with Crippen molar-refractivity contribution < 1.29 is 33.0 Å². The summed E-state index contributed by atoms with van der Waals surface area (Å²) in [6, 6.07) is 18.2. The Hall–Kier alpha value is -5.34. The normalized spacial score (nSPS) is 13.8. The second-order valence-electron chi connectivity index (χ2n) is 10.6. The van der Waals surface area contributed by atoms with E-state index >= 15 is 4.39 Å². The van der Waals surface area contributed by atoms with Crippen LogP contribution in [-0.2, 0) is 22.6 Å². The Morgan fingerprint density at radius 3 is 2.58 bits per heavy atom. The van der Waals surface area contributed by atoms with E-state index in [2.05, 4.69) is 15.6 Å². The largest absolute Gasteiger partial charge is 0.478 e. The minimum atomic E-state index is -1.09. The lowest BCUT2D eigenvalue weighted by Crippen LogP contribution is -2.28. The maximum Gasteiger partial charge on any atom is 0.335 e. The topological polar surface area (TPSA) is 134 Å². The third-order valence-corrected chi connectivity index (χ3v) is 7.42. The average molecular weight is 613 g/mol. The smallest absolute Gasteiger partial charge is 0.335 e. The molecular weight excluding hydrogens is 582 g/mol. The van der Waals surface area contributed by atoms with Gasteiger partial charge in [0, 0.05) is 30.3 Å². The van der Waals surface area contributed by atoms with Crippen molar-refractivity contribution in [2.45, 2.75) is 38.9 Å². The van der Waals surface area contributed by atoms with E-state index in [1.807, 2.05) is 6.07 Å². The fourth-order valence-electron chi connectivity index (χ4n) is 4.86. The lowest BCUT2D eigenvalue weighted by Gasteiger charge is -2.26. The molecule has 0 saturated carbocycles. The lowest BCUT2D eigenvalue weighted by atomic mass is 9.99. The Morgan fingerprint density at radius 2 is 1.87 bits per heavy atom. The number of aromatic nitrogens is 1. The standard InChI is InChI=1S/C34H30F2N4O5/c1-20-13-24(16-32(41)39-30-8-7-22(34(42)43)15-31(30)38-11-9-25-10-12-44-25)28(36)17-26(20)29-3-2-4-33(40-29)45-19-23-6-5-21(18-37)14-27(23)35/h2-8,13-15,17,25,38H,9-12,16,19H2,1H3,(H,39,41)(H,42,43)/t25-/m1/s1. The molecule has 11 heteroatoms. The number of halogens is 2. The number of hydrogen-bond acceptors (Lipinski definition) is 7. The second-order valence-corrected chi connectivity index (χ2v) is 10.6. The van der Waals surface area contributed by atoms with Crippen LogP contribution in [0.3, 0.4) is 0 Å². The predicted octanol–water partition coefficient (Wildman–Crippen LogP) is 6.26. The van der Waals surface area contributed by atoms with Crippen LogP contribution in [0.5, 0.6) is 5.88 Å². The van der Waals surface area contributed by atoms with Gasteiger partial charge in [0.15, 0.2) is 0 Å². The van der Waals surface area contributed by atoms with Crippen molar-refractivity contribution >= 4 is 23.3 Å². The minimum Gasteiger partial charge on any atom is -0.478 e. The maximum atomic E-state index is 15.3. The molecule has 1 aliphatic heterocycles. The molecule has 4 aromatic rings. The first-order valence-corrected chi connectivity index (χ1v) is 14.3. The first-order valence-electron chi connectivity index (χ1n) is 14.3. The number of aryl methyl sites for hydroxylation is 1. The van der Waals surface area contributed by atoms with Gasteiger partial charge in [0.1, 0.15) is 18.2 Å². The van der Waals surface area contributed by atoms with Gasteiger partial charge in [-0.25, -0.2) is 18.6 Å². The van der Waals surface area contributed by atoms with E-state index in [-0.39, 0.29) is 47.3 Å². The number of nitrogens with one attached hydrogen (secondary N) is 2. The van der Waals surface area contributed by atoms with Crippen molar-refractivity contribution in [3.8, 4) is 23.2 Å². The summed E-state index contributed by atoms with van der Waals surface area (Å²) in [6.07, 6.45) is 1.62. The summed E-state index contributed by atoms with van der Waals surface area (Å²) >= 11 is 0. The summed E-state index contributed by atoms with van der Waals surface area (Å²) in [5.41, 5.74) is 3.15. The number of hydrogen-bond donors (Lipinski definition) is 3. The third-order valence-electron chi connectivity index (χ3n) is 7.42. The van der Waals surface area contributed by atoms with Crippen molar-refractivity contribution in [1.29, 1.82) is 5.26 Å². The first kappa shape index (κ1) is 31.1. The number of carboxylic acid groups (broad SMARTS) is 1. The zero-order chi connectivity index (χ0) is 31.9. The quantitative estimate of drug-likeness (QED) is 0.171. The summed E-state index contributed by atoms with van der Waals surface area (Å²) in [5, 5.41) is 24.3. The molecule has 0 radical (unpaired) electrons. The number of carboxylic acids is 1. The molecule has 1 aliphatic rings. The van der Waals surface area contributed by atoms with Crippen LogP contribution in [0.15, 0.2) is 66.7 Å². The molecule has 0 bridgehead atoms. The van der Waals surface area contributed by atoms with E-state index in [0.29, 0.717) is 34.7 Å². The molecule has 0 unspecified atom stereocenters. The zero-order valence-electron chi connectivity index (χ0n) is 24.4. The predicted molar refractivity (Wildman–Crippen MR) is 163 cm³/mol. The van der Waals surface area contributed by atoms with E-state index < -0.39 is 23.5 Å². The number of benzene rings is 3. The van der Waals surface area contributed by atoms with Crippen LogP contribution in [0.25, 0.3) is 11.3 Å². The first-order chi connectivity index (χ1) is 21.7. The highest BCUT2D eigenvalue weighted by atomic mass is 19.1. The molecule has 1 amide bonds. The van der Waals surface area contributed by atoms with E-state index in [4.69, 9.17) is 14.7 Å². The minimum absolute atomic E-state index is 0.0668. The van der Waals surface area contributed by atoms with Gasteiger partial charge in [-0.1, -0.05) is 18.2 Å². The van der Waals surface area contributed by atoms with Crippen LogP contribution in [0.2, 0.25) is 0 Å². The van der Waals surface area contributed by atoms with E-state index in [1.165, 1.54) is 36.4 Å². The molecule has 1 saturated heterocycles. The Balaban J connectivity index is 1.26. The van der Waals surface area contributed by atoms with Gasteiger partial charge in [-0.2, -0.15) is 5.26 Å². The molecule has 2 heterocycles. The van der Waals surface area contributed by atoms with Gasteiger partial charge in [-0.3, -0.25) is 4.79 Å². The van der Waals surface area contributed by atoms with Gasteiger partial charge in [-0.15, -0.1) is 0 Å². The van der Waals surface area contributed by atoms with Crippen LogP contribution in [0.4, 0.5) is 20.2 Å². The fourth-order valence-corrected chi connectivity index (χ4v) is 4.86. The van der Waals surface area contributed by atoms with Crippen LogP contribution < -0.4 is 15.4 Å². The molecule has 1 atom stereocenters. The van der Waals surface area contributed by atoms with Crippen molar-refractivity contribution in [1.82, 2.24) is 4.98 Å². The fraction of sp³-hybridized carbons (Fsp3) is 0.235. The molecule has 230 valence electrons. The number of pyridine rings is 1. The summed E-state index contributed by atoms with van der Waals surface area (Å²) in [5.74, 6) is -2.52. The summed E-state index contributed by atoms with van der Waals surface area (Å²) in [4.78, 5) is 28.9. The number of amides is 1. The van der Waals surface area contributed by atoms with Crippen LogP contribution in [-0.4, -0.2) is 41.2 Å². The molecule has 9 nitrogen and oxygen atoms in total. The van der Waals surface area contributed by atoms with Crippen molar-refractivity contribution in [3.63, 3.8) is 0 Å². The lowest BCUT2D eigenvalue weighted by molar-refractivity contribution is -0.115. The molecular formula is C34H30F2N4O5. The maximum absolute atomic E-state index is 15.3. The summed E-state index contributed by atoms with van der Waals surface area (Å²) in [7, 11) is 0. The second kappa shape index (κ2) is 14.0.